The monoisotopic (exact) mass is 241 g/mol. The van der Waals surface area contributed by atoms with Crippen LogP contribution < -0.4 is 0 Å². The van der Waals surface area contributed by atoms with Crippen molar-refractivity contribution in [3.05, 3.63) is 21.5 Å². The van der Waals surface area contributed by atoms with Crippen molar-refractivity contribution >= 4 is 5.69 Å². The fraction of sp³-hybridized carbons (Fsp3) is 0.727. The van der Waals surface area contributed by atoms with Crippen LogP contribution in [0, 0.1) is 10.1 Å². The van der Waals surface area contributed by atoms with Gasteiger partial charge in [0.15, 0.2) is 0 Å². The van der Waals surface area contributed by atoms with Crippen LogP contribution in [0.4, 0.5) is 5.69 Å². The van der Waals surface area contributed by atoms with Crippen molar-refractivity contribution in [3.63, 3.8) is 0 Å². The molecule has 6 heteroatoms. The smallest absolute Gasteiger partial charge is 0.313 e. The minimum atomic E-state index is -0.649. The highest BCUT2D eigenvalue weighted by atomic mass is 16.6. The number of aliphatic hydroxyl groups excluding tert-OH is 1. The molecule has 1 aromatic heterocycles. The van der Waals surface area contributed by atoms with E-state index in [9.17, 15) is 15.2 Å². The van der Waals surface area contributed by atoms with Gasteiger partial charge in [0.05, 0.1) is 11.0 Å². The van der Waals surface area contributed by atoms with Gasteiger partial charge in [-0.05, 0) is 6.92 Å². The van der Waals surface area contributed by atoms with Crippen LogP contribution >= 0.6 is 0 Å². The Morgan fingerprint density at radius 1 is 1.35 bits per heavy atom. The summed E-state index contributed by atoms with van der Waals surface area (Å²) in [6.07, 6.45) is -0.649. The summed E-state index contributed by atoms with van der Waals surface area (Å²) in [5.74, 6) is -0.336. The first-order valence-corrected chi connectivity index (χ1v) is 5.66. The number of aromatic nitrogens is 2. The Labute approximate surface area is 100 Å². The molecule has 0 aromatic carbocycles. The standard InChI is InChI=1S/C11H19N3O3/c1-6(2)9-11(14(16)17)10(13(5)12-9)7(3)8(4)15/h6-8,15H,1-5H3. The van der Waals surface area contributed by atoms with Crippen molar-refractivity contribution in [2.24, 2.45) is 7.05 Å². The molecular formula is C11H19N3O3. The first-order chi connectivity index (χ1) is 7.77. The number of aliphatic hydroxyl groups is 1. The lowest BCUT2D eigenvalue weighted by atomic mass is 9.98. The average Bonchev–Trinajstić information content (AvgIpc) is 2.54. The van der Waals surface area contributed by atoms with Crippen molar-refractivity contribution < 1.29 is 10.0 Å². The molecule has 0 aliphatic heterocycles. The third-order valence-corrected chi connectivity index (χ3v) is 2.98. The van der Waals surface area contributed by atoms with Gasteiger partial charge in [-0.25, -0.2) is 0 Å². The molecule has 0 fully saturated rings. The fourth-order valence-electron chi connectivity index (χ4n) is 1.86. The van der Waals surface area contributed by atoms with Gasteiger partial charge in [0.25, 0.3) is 0 Å². The van der Waals surface area contributed by atoms with Gasteiger partial charge in [-0.3, -0.25) is 14.8 Å². The molecule has 0 spiro atoms. The van der Waals surface area contributed by atoms with Crippen LogP contribution in [0.3, 0.4) is 0 Å². The minimum Gasteiger partial charge on any atom is -0.393 e. The van der Waals surface area contributed by atoms with E-state index < -0.39 is 11.0 Å². The van der Waals surface area contributed by atoms with Gasteiger partial charge in [-0.2, -0.15) is 5.10 Å². The molecule has 0 bridgehead atoms. The molecule has 1 N–H and O–H groups in total. The van der Waals surface area contributed by atoms with Gasteiger partial charge in [-0.1, -0.05) is 20.8 Å². The van der Waals surface area contributed by atoms with E-state index in [2.05, 4.69) is 5.10 Å². The Balaban J connectivity index is 3.43. The first-order valence-electron chi connectivity index (χ1n) is 5.66. The van der Waals surface area contributed by atoms with Crippen LogP contribution in [0.15, 0.2) is 0 Å². The molecule has 0 amide bonds. The molecule has 1 rings (SSSR count). The van der Waals surface area contributed by atoms with Crippen molar-refractivity contribution in [3.8, 4) is 0 Å². The number of rotatable bonds is 4. The van der Waals surface area contributed by atoms with Crippen molar-refractivity contribution in [1.29, 1.82) is 0 Å². The number of nitro groups is 1. The highest BCUT2D eigenvalue weighted by Crippen LogP contribution is 2.34. The Bertz CT molecular complexity index is 424. The molecule has 0 saturated heterocycles. The van der Waals surface area contributed by atoms with Crippen LogP contribution in [-0.4, -0.2) is 25.9 Å². The second-order valence-electron chi connectivity index (χ2n) is 4.68. The fourth-order valence-corrected chi connectivity index (χ4v) is 1.86. The van der Waals surface area contributed by atoms with E-state index in [1.807, 2.05) is 13.8 Å². The lowest BCUT2D eigenvalue weighted by Crippen LogP contribution is -2.16. The summed E-state index contributed by atoms with van der Waals surface area (Å²) in [6, 6.07) is 0. The normalized spacial score (nSPS) is 15.0. The zero-order valence-corrected chi connectivity index (χ0v) is 10.8. The molecule has 2 unspecified atom stereocenters. The molecule has 96 valence electrons. The molecule has 2 atom stereocenters. The van der Waals surface area contributed by atoms with Crippen LogP contribution in [-0.2, 0) is 7.05 Å². The second kappa shape index (κ2) is 4.83. The van der Waals surface area contributed by atoms with E-state index in [0.717, 1.165) is 0 Å². The van der Waals surface area contributed by atoms with Gasteiger partial charge < -0.3 is 5.11 Å². The van der Waals surface area contributed by atoms with E-state index in [4.69, 9.17) is 0 Å². The number of hydrogen-bond acceptors (Lipinski definition) is 4. The molecule has 0 aliphatic carbocycles. The topological polar surface area (TPSA) is 81.2 Å². The SMILES string of the molecule is CC(C)c1nn(C)c(C(C)C(C)O)c1[N+](=O)[O-]. The Morgan fingerprint density at radius 3 is 2.24 bits per heavy atom. The van der Waals surface area contributed by atoms with E-state index in [-0.39, 0.29) is 17.5 Å². The summed E-state index contributed by atoms with van der Waals surface area (Å²) >= 11 is 0. The Hall–Kier alpha value is -1.43. The summed E-state index contributed by atoms with van der Waals surface area (Å²) in [5, 5.41) is 24.9. The molecule has 1 heterocycles. The zero-order valence-electron chi connectivity index (χ0n) is 10.8. The maximum absolute atomic E-state index is 11.2. The molecule has 6 nitrogen and oxygen atoms in total. The zero-order chi connectivity index (χ0) is 13.3. The predicted molar refractivity (Wildman–Crippen MR) is 64.0 cm³/mol. The van der Waals surface area contributed by atoms with Gasteiger partial charge >= 0.3 is 5.69 Å². The maximum atomic E-state index is 11.2. The van der Waals surface area contributed by atoms with E-state index >= 15 is 0 Å². The Kier molecular flexibility index (Phi) is 3.87. The van der Waals surface area contributed by atoms with Gasteiger partial charge in [0.2, 0.25) is 0 Å². The van der Waals surface area contributed by atoms with E-state index in [1.165, 1.54) is 4.68 Å². The van der Waals surface area contributed by atoms with Crippen LogP contribution in [0.5, 0.6) is 0 Å². The van der Waals surface area contributed by atoms with Crippen molar-refractivity contribution in [2.45, 2.75) is 45.6 Å². The first kappa shape index (κ1) is 13.6. The number of nitrogens with zero attached hydrogens (tertiary/aromatic N) is 3. The maximum Gasteiger partial charge on any atom is 0.313 e. The third-order valence-electron chi connectivity index (χ3n) is 2.98. The highest BCUT2D eigenvalue weighted by Gasteiger charge is 2.32. The third kappa shape index (κ3) is 2.46. The summed E-state index contributed by atoms with van der Waals surface area (Å²) < 4.78 is 1.50. The minimum absolute atomic E-state index is 0.0171. The molecule has 0 radical (unpaired) electrons. The summed E-state index contributed by atoms with van der Waals surface area (Å²) in [5.41, 5.74) is 0.990. The number of hydrogen-bond donors (Lipinski definition) is 1. The molecule has 0 aliphatic rings. The lowest BCUT2D eigenvalue weighted by Gasteiger charge is -2.14. The van der Waals surface area contributed by atoms with Crippen molar-refractivity contribution in [1.82, 2.24) is 9.78 Å². The van der Waals surface area contributed by atoms with Crippen LogP contribution in [0.2, 0.25) is 0 Å². The average molecular weight is 241 g/mol. The van der Waals surface area contributed by atoms with Gasteiger partial charge in [0.1, 0.15) is 11.4 Å². The highest BCUT2D eigenvalue weighted by molar-refractivity contribution is 5.45. The quantitative estimate of drug-likeness (QED) is 0.645. The molecule has 0 saturated carbocycles. The Morgan fingerprint density at radius 2 is 1.88 bits per heavy atom. The second-order valence-corrected chi connectivity index (χ2v) is 4.68. The van der Waals surface area contributed by atoms with Crippen LogP contribution in [0.25, 0.3) is 0 Å². The van der Waals surface area contributed by atoms with Gasteiger partial charge in [0, 0.05) is 18.9 Å². The molecular weight excluding hydrogens is 222 g/mol. The van der Waals surface area contributed by atoms with Crippen molar-refractivity contribution in [2.75, 3.05) is 0 Å². The van der Waals surface area contributed by atoms with E-state index in [0.29, 0.717) is 11.4 Å². The predicted octanol–water partition coefficient (Wildman–Crippen LogP) is 1.94. The largest absolute Gasteiger partial charge is 0.393 e. The number of aryl methyl sites for hydroxylation is 1. The summed E-state index contributed by atoms with van der Waals surface area (Å²) in [4.78, 5) is 10.8. The van der Waals surface area contributed by atoms with E-state index in [1.54, 1.807) is 20.9 Å². The van der Waals surface area contributed by atoms with Gasteiger partial charge in [-0.15, -0.1) is 0 Å². The summed E-state index contributed by atoms with van der Waals surface area (Å²) in [7, 11) is 1.67. The summed E-state index contributed by atoms with van der Waals surface area (Å²) in [6.45, 7) is 7.12. The van der Waals surface area contributed by atoms with Crippen LogP contribution in [0.1, 0.15) is 50.9 Å². The molecule has 17 heavy (non-hydrogen) atoms. The lowest BCUT2D eigenvalue weighted by molar-refractivity contribution is -0.386. The molecule has 1 aromatic rings.